The topological polar surface area (TPSA) is 64.5 Å². The van der Waals surface area contributed by atoms with Crippen LogP contribution in [0.3, 0.4) is 0 Å². The molecule has 0 radical (unpaired) electrons. The highest BCUT2D eigenvalue weighted by molar-refractivity contribution is 5.80. The van der Waals surface area contributed by atoms with E-state index < -0.39 is 0 Å². The minimum atomic E-state index is -0.335. The van der Waals surface area contributed by atoms with Gasteiger partial charge in [-0.25, -0.2) is 23.7 Å². The van der Waals surface area contributed by atoms with Gasteiger partial charge in [0.05, 0.1) is 11.4 Å². The maximum atomic E-state index is 13.7. The first-order valence-corrected chi connectivity index (χ1v) is 16.9. The van der Waals surface area contributed by atoms with Gasteiger partial charge in [0.15, 0.2) is 17.5 Å². The van der Waals surface area contributed by atoms with Gasteiger partial charge in [-0.1, -0.05) is 30.3 Å². The number of pyridine rings is 2. The van der Waals surface area contributed by atoms with Crippen molar-refractivity contribution >= 4 is 0 Å². The molecule has 11 rings (SSSR count). The summed E-state index contributed by atoms with van der Waals surface area (Å²) < 4.78 is 27.5. The molecule has 1 spiro atoms. The molecule has 0 atom stereocenters. The van der Waals surface area contributed by atoms with Crippen molar-refractivity contribution in [2.24, 2.45) is 23.7 Å². The Morgan fingerprint density at radius 1 is 0.500 bits per heavy atom. The quantitative estimate of drug-likeness (QED) is 0.194. The fourth-order valence-electron chi connectivity index (χ4n) is 9.78. The van der Waals surface area contributed by atoms with Crippen molar-refractivity contribution in [2.45, 2.75) is 37.5 Å². The lowest BCUT2D eigenvalue weighted by Gasteiger charge is -2.60. The molecule has 7 heteroatoms. The van der Waals surface area contributed by atoms with Gasteiger partial charge in [-0.3, -0.25) is 9.97 Å². The summed E-state index contributed by atoms with van der Waals surface area (Å²) in [6.45, 7) is 0. The SMILES string of the molecule is Fc1ccc(-c2nc(-c3ccc(F)cc3)nc(-c3ccc(-c4cnc5c(c4)C4(c6cccnc6-5)C5CC6CC(C5)CC4C6)cc3)n2)cc1. The zero-order valence-electron chi connectivity index (χ0n) is 26.2. The predicted octanol–water partition coefficient (Wildman–Crippen LogP) is 9.33. The molecule has 3 aromatic carbocycles. The Kier molecular flexibility index (Phi) is 6.05. The molecule has 3 heterocycles. The molecular formula is C41H31F2N5. The van der Waals surface area contributed by atoms with E-state index in [0.717, 1.165) is 39.9 Å². The average Bonchev–Trinajstić information content (AvgIpc) is 3.41. The molecule has 234 valence electrons. The molecule has 5 aliphatic rings. The molecule has 0 aliphatic heterocycles. The predicted molar refractivity (Wildman–Crippen MR) is 180 cm³/mol. The van der Waals surface area contributed by atoms with Crippen molar-refractivity contribution in [1.82, 2.24) is 24.9 Å². The lowest BCUT2D eigenvalue weighted by atomic mass is 9.43. The maximum Gasteiger partial charge on any atom is 0.164 e. The first-order valence-electron chi connectivity index (χ1n) is 16.9. The van der Waals surface area contributed by atoms with Crippen molar-refractivity contribution < 1.29 is 8.78 Å². The monoisotopic (exact) mass is 631 g/mol. The number of hydrogen-bond acceptors (Lipinski definition) is 5. The summed E-state index contributed by atoms with van der Waals surface area (Å²) in [6, 6.07) is 27.2. The molecule has 4 saturated carbocycles. The Labute approximate surface area is 277 Å². The molecule has 0 N–H and O–H groups in total. The van der Waals surface area contributed by atoms with Gasteiger partial charge in [0.2, 0.25) is 0 Å². The van der Waals surface area contributed by atoms with Gasteiger partial charge in [0, 0.05) is 40.1 Å². The van der Waals surface area contributed by atoms with Crippen LogP contribution in [0.2, 0.25) is 0 Å². The van der Waals surface area contributed by atoms with E-state index in [-0.39, 0.29) is 17.0 Å². The van der Waals surface area contributed by atoms with Crippen molar-refractivity contribution in [3.05, 3.63) is 126 Å². The normalized spacial score (nSPS) is 24.5. The molecule has 0 unspecified atom stereocenters. The molecule has 4 bridgehead atoms. The van der Waals surface area contributed by atoms with Gasteiger partial charge in [0.25, 0.3) is 0 Å². The van der Waals surface area contributed by atoms with Gasteiger partial charge in [-0.15, -0.1) is 0 Å². The summed E-state index contributed by atoms with van der Waals surface area (Å²) in [5.74, 6) is 3.67. The third-order valence-corrected chi connectivity index (χ3v) is 11.6. The van der Waals surface area contributed by atoms with Crippen molar-refractivity contribution in [1.29, 1.82) is 0 Å². The minimum absolute atomic E-state index is 0.00762. The van der Waals surface area contributed by atoms with Gasteiger partial charge < -0.3 is 0 Å². The van der Waals surface area contributed by atoms with Crippen LogP contribution >= 0.6 is 0 Å². The number of halogens is 2. The summed E-state index contributed by atoms with van der Waals surface area (Å²) in [5, 5.41) is 0. The van der Waals surface area contributed by atoms with Crippen LogP contribution in [-0.2, 0) is 5.41 Å². The van der Waals surface area contributed by atoms with E-state index in [1.165, 1.54) is 67.5 Å². The van der Waals surface area contributed by atoms with Crippen LogP contribution in [0.1, 0.15) is 43.2 Å². The standard InChI is InChI=1S/C41H31F2N5/c42-32-11-7-27(8-12-32)39-46-38(47-40(48-39)28-9-13-33(43)14-10-28)26-5-3-25(4-6-26)29-21-35-37(45-22-29)36-34(2-1-15-44-36)41(35)30-17-23-16-24(19-30)20-31(41)18-23/h1-15,21-24,30-31H,16-20H2. The summed E-state index contributed by atoms with van der Waals surface area (Å²) in [5.41, 5.74) is 9.23. The Morgan fingerprint density at radius 2 is 0.979 bits per heavy atom. The second kappa shape index (κ2) is 10.4. The van der Waals surface area contributed by atoms with Crippen LogP contribution < -0.4 is 0 Å². The van der Waals surface area contributed by atoms with E-state index in [1.54, 1.807) is 24.3 Å². The van der Waals surface area contributed by atoms with E-state index in [9.17, 15) is 8.78 Å². The fourth-order valence-corrected chi connectivity index (χ4v) is 9.78. The summed E-state index contributed by atoms with van der Waals surface area (Å²) in [7, 11) is 0. The molecule has 6 aromatic rings. The number of rotatable bonds is 4. The van der Waals surface area contributed by atoms with E-state index >= 15 is 0 Å². The van der Waals surface area contributed by atoms with Crippen LogP contribution in [0, 0.1) is 35.3 Å². The van der Waals surface area contributed by atoms with E-state index in [2.05, 4.69) is 35.3 Å². The largest absolute Gasteiger partial charge is 0.254 e. The van der Waals surface area contributed by atoms with E-state index in [4.69, 9.17) is 19.9 Å². The zero-order chi connectivity index (χ0) is 32.0. The average molecular weight is 632 g/mol. The Hall–Kier alpha value is -5.17. The summed E-state index contributed by atoms with van der Waals surface area (Å²) in [4.78, 5) is 24.2. The molecule has 5 aliphatic carbocycles. The second-order valence-corrected chi connectivity index (χ2v) is 14.1. The number of benzene rings is 3. The van der Waals surface area contributed by atoms with Crippen molar-refractivity contribution in [2.75, 3.05) is 0 Å². The highest BCUT2D eigenvalue weighted by atomic mass is 19.1. The molecule has 0 amide bonds. The zero-order valence-corrected chi connectivity index (χ0v) is 26.2. The lowest BCUT2D eigenvalue weighted by Crippen LogP contribution is -2.55. The second-order valence-electron chi connectivity index (χ2n) is 14.1. The maximum absolute atomic E-state index is 13.7. The van der Waals surface area contributed by atoms with Gasteiger partial charge >= 0.3 is 0 Å². The molecule has 48 heavy (non-hydrogen) atoms. The Balaban J connectivity index is 1.05. The first kappa shape index (κ1) is 27.9. The van der Waals surface area contributed by atoms with Crippen molar-refractivity contribution in [3.8, 4) is 56.7 Å². The minimum Gasteiger partial charge on any atom is -0.254 e. The van der Waals surface area contributed by atoms with Crippen LogP contribution in [0.25, 0.3) is 56.7 Å². The highest BCUT2D eigenvalue weighted by Crippen LogP contribution is 2.69. The lowest BCUT2D eigenvalue weighted by molar-refractivity contribution is -0.0400. The molecular weight excluding hydrogens is 600 g/mol. The number of aromatic nitrogens is 5. The van der Waals surface area contributed by atoms with Crippen molar-refractivity contribution in [3.63, 3.8) is 0 Å². The third kappa shape index (κ3) is 4.16. The van der Waals surface area contributed by atoms with Crippen LogP contribution in [-0.4, -0.2) is 24.9 Å². The molecule has 4 fully saturated rings. The smallest absolute Gasteiger partial charge is 0.164 e. The van der Waals surface area contributed by atoms with E-state index in [1.807, 2.05) is 24.5 Å². The molecule has 3 aromatic heterocycles. The van der Waals surface area contributed by atoms with Gasteiger partial charge in [0.1, 0.15) is 11.6 Å². The first-order chi connectivity index (χ1) is 23.5. The van der Waals surface area contributed by atoms with Crippen LogP contribution in [0.15, 0.2) is 103 Å². The third-order valence-electron chi connectivity index (χ3n) is 11.6. The molecule has 0 saturated heterocycles. The Morgan fingerprint density at radius 3 is 1.52 bits per heavy atom. The van der Waals surface area contributed by atoms with E-state index in [0.29, 0.717) is 40.4 Å². The highest BCUT2D eigenvalue weighted by Gasteiger charge is 2.62. The number of nitrogens with zero attached hydrogens (tertiary/aromatic N) is 5. The fraction of sp³-hybridized carbons (Fsp3) is 0.244. The molecule has 5 nitrogen and oxygen atoms in total. The number of fused-ring (bicyclic) bond motifs is 3. The van der Waals surface area contributed by atoms with Gasteiger partial charge in [-0.2, -0.15) is 0 Å². The van der Waals surface area contributed by atoms with Crippen LogP contribution in [0.5, 0.6) is 0 Å². The summed E-state index contributed by atoms with van der Waals surface area (Å²) >= 11 is 0. The summed E-state index contributed by atoms with van der Waals surface area (Å²) in [6.07, 6.45) is 10.6. The number of hydrogen-bond donors (Lipinski definition) is 0. The van der Waals surface area contributed by atoms with Crippen LogP contribution in [0.4, 0.5) is 8.78 Å². The van der Waals surface area contributed by atoms with Gasteiger partial charge in [-0.05, 0) is 133 Å². The Bertz CT molecular complexity index is 2120.